The van der Waals surface area contributed by atoms with E-state index in [1.807, 2.05) is 65.1 Å². The molecule has 0 atom stereocenters. The van der Waals surface area contributed by atoms with Crippen molar-refractivity contribution >= 4 is 132 Å². The van der Waals surface area contributed by atoms with Crippen molar-refractivity contribution in [1.29, 1.82) is 0 Å². The summed E-state index contributed by atoms with van der Waals surface area (Å²) in [5, 5.41) is -7.49. The van der Waals surface area contributed by atoms with Gasteiger partial charge in [-0.25, -0.2) is 15.0 Å². The average Bonchev–Trinajstić information content (AvgIpc) is 3.73. The molecule has 0 bridgehead atoms. The molecule has 0 fully saturated rings. The van der Waals surface area contributed by atoms with Gasteiger partial charge in [-0.3, -0.25) is 4.40 Å². The first-order valence-electron chi connectivity index (χ1n) is 19.9. The first-order valence-corrected chi connectivity index (χ1v) is 22.4. The van der Waals surface area contributed by atoms with Crippen molar-refractivity contribution in [3.63, 3.8) is 0 Å². The van der Waals surface area contributed by atoms with Gasteiger partial charge in [-0.05, 0) is 91.1 Å². The van der Waals surface area contributed by atoms with Crippen LogP contribution in [0, 0.1) is 0 Å². The summed E-state index contributed by atoms with van der Waals surface area (Å²) in [6.45, 7) is 4.38. The summed E-state index contributed by atoms with van der Waals surface area (Å²) in [4.78, 5) is 10.4. The van der Waals surface area contributed by atoms with E-state index in [0.29, 0.717) is 84.2 Å². The summed E-state index contributed by atoms with van der Waals surface area (Å²) in [6.07, 6.45) is 6.15. The van der Waals surface area contributed by atoms with Gasteiger partial charge in [-0.15, -0.1) is 20.5 Å². The van der Waals surface area contributed by atoms with E-state index in [-0.39, 0.29) is 4.75 Å². The van der Waals surface area contributed by atoms with Crippen LogP contribution in [-0.2, 0) is 25.2 Å². The second-order valence-corrected chi connectivity index (χ2v) is 21.6. The van der Waals surface area contributed by atoms with Gasteiger partial charge in [0.2, 0.25) is 5.88 Å². The molecule has 0 saturated heterocycles. The maximum atomic E-state index is 6.88. The van der Waals surface area contributed by atoms with E-state index in [1.54, 1.807) is 42.6 Å². The number of para-hydroxylation sites is 2. The van der Waals surface area contributed by atoms with Crippen molar-refractivity contribution in [3.8, 4) is 45.0 Å². The van der Waals surface area contributed by atoms with Crippen LogP contribution >= 0.6 is 10.0 Å². The van der Waals surface area contributed by atoms with Crippen molar-refractivity contribution in [2.45, 2.75) is 43.9 Å². The molecule has 0 N–H and O–H groups in total. The minimum absolute atomic E-state index is 0.294. The minimum atomic E-state index is -1.91. The van der Waals surface area contributed by atoms with Crippen molar-refractivity contribution in [3.05, 3.63) is 131 Å². The monoisotopic (exact) mass is 807 g/mol. The number of hydrogen-bond donors (Lipinski definition) is 0. The standard InChI is InChI=1S/C45H29B12N3O2S/c1-41(2)30-8-7-19-58-39(30)61-38-34(63(41,3)4)18-16-29(45(55,56)57)36(38)23-12-14-27(43(49,50)51)25(21-23)24-20-22(11-13-26(24)42(46,47)48)35-28(44(52,53)54)15-17-33-37(35)62-40-59-31-9-5-6-10-32(31)60(33)40/h5-21H,1-4H3. The Kier molecular flexibility index (Phi) is 10.0. The first-order chi connectivity index (χ1) is 29.3. The fourth-order valence-electron chi connectivity index (χ4n) is 8.79. The lowest BCUT2D eigenvalue weighted by Gasteiger charge is -2.46. The SMILES string of the molecule is [B]C([B])([B])c1ccc(-c2c(C([B])([B])[B])ccc3c2Oc2ncccc2C(C)(C)S3(C)C)cc1-c1cc(-c2c(C([B])([B])[B])ccc3c2oc2nc4ccccc4n23)ccc1C([B])([B])[B]. The molecule has 278 valence electrons. The van der Waals surface area contributed by atoms with E-state index in [9.17, 15) is 0 Å². The maximum Gasteiger partial charge on any atom is 0.307 e. The van der Waals surface area contributed by atoms with Gasteiger partial charge >= 0.3 is 5.84 Å². The Balaban J connectivity index is 1.36. The van der Waals surface area contributed by atoms with Crippen LogP contribution < -0.4 is 4.74 Å². The summed E-state index contributed by atoms with van der Waals surface area (Å²) in [5.41, 5.74) is 7.81. The second-order valence-electron chi connectivity index (χ2n) is 17.5. The van der Waals surface area contributed by atoms with Gasteiger partial charge in [0.25, 0.3) is 0 Å². The second kappa shape index (κ2) is 14.5. The Morgan fingerprint density at radius 1 is 0.587 bits per heavy atom. The van der Waals surface area contributed by atoms with Crippen LogP contribution in [0.25, 0.3) is 61.4 Å². The summed E-state index contributed by atoms with van der Waals surface area (Å²) >= 11 is 0. The largest absolute Gasteiger partial charge is 0.437 e. The number of nitrogens with zero attached hydrogens (tertiary/aromatic N) is 3. The average molecular weight is 806 g/mol. The minimum Gasteiger partial charge on any atom is -0.437 e. The smallest absolute Gasteiger partial charge is 0.307 e. The zero-order valence-corrected chi connectivity index (χ0v) is 36.1. The van der Waals surface area contributed by atoms with E-state index in [0.717, 1.165) is 21.5 Å². The van der Waals surface area contributed by atoms with E-state index in [2.05, 4.69) is 26.4 Å². The molecule has 5 aromatic carbocycles. The molecule has 0 unspecified atom stereocenters. The van der Waals surface area contributed by atoms with Gasteiger partial charge in [-0.2, -0.15) is 4.98 Å². The molecule has 0 amide bonds. The summed E-state index contributed by atoms with van der Waals surface area (Å²) in [6, 6.07) is 29.6. The Hall–Kier alpha value is -4.55. The highest BCUT2D eigenvalue weighted by Gasteiger charge is 2.44. The van der Waals surface area contributed by atoms with Crippen LogP contribution in [0.5, 0.6) is 11.6 Å². The van der Waals surface area contributed by atoms with Crippen molar-refractivity contribution in [2.75, 3.05) is 12.5 Å². The number of fused-ring (bicyclic) bond motifs is 7. The Morgan fingerprint density at radius 3 is 1.73 bits per heavy atom. The van der Waals surface area contributed by atoms with Gasteiger partial charge in [0.05, 0.1) is 111 Å². The van der Waals surface area contributed by atoms with Crippen LogP contribution in [0.15, 0.2) is 113 Å². The Labute approximate surface area is 386 Å². The number of benzene rings is 5. The topological polar surface area (TPSA) is 52.6 Å². The molecular weight excluding hydrogens is 776 g/mol. The molecule has 63 heavy (non-hydrogen) atoms. The van der Waals surface area contributed by atoms with Crippen LogP contribution in [0.4, 0.5) is 0 Å². The Bertz CT molecular complexity index is 3170. The number of pyridine rings is 1. The van der Waals surface area contributed by atoms with Gasteiger partial charge in [-0.1, -0.05) is 76.9 Å². The molecule has 5 nitrogen and oxygen atoms in total. The zero-order valence-electron chi connectivity index (χ0n) is 35.3. The van der Waals surface area contributed by atoms with E-state index >= 15 is 0 Å². The van der Waals surface area contributed by atoms with Crippen LogP contribution in [0.1, 0.15) is 41.7 Å². The fraction of sp³-hybridized carbons (Fsp3) is 0.200. The third-order valence-electron chi connectivity index (χ3n) is 12.4. The number of aromatic nitrogens is 3. The molecule has 24 radical (unpaired) electrons. The highest BCUT2D eigenvalue weighted by molar-refractivity contribution is 8.33. The third kappa shape index (κ3) is 7.04. The summed E-state index contributed by atoms with van der Waals surface area (Å²) in [5.74, 6) is 1.27. The predicted octanol–water partition coefficient (Wildman–Crippen LogP) is 5.56. The van der Waals surface area contributed by atoms with Crippen molar-refractivity contribution in [2.24, 2.45) is 0 Å². The van der Waals surface area contributed by atoms with E-state index in [1.165, 1.54) is 0 Å². The molecule has 0 saturated carbocycles. The van der Waals surface area contributed by atoms with Crippen molar-refractivity contribution in [1.82, 2.24) is 14.4 Å². The van der Waals surface area contributed by atoms with E-state index in [4.69, 9.17) is 113 Å². The maximum absolute atomic E-state index is 6.88. The zero-order chi connectivity index (χ0) is 45.4. The molecule has 3 aromatic heterocycles. The highest BCUT2D eigenvalue weighted by atomic mass is 32.3. The number of imidazole rings is 1. The fourth-order valence-corrected chi connectivity index (χ4v) is 11.1. The third-order valence-corrected chi connectivity index (χ3v) is 16.6. The number of ether oxygens (including phenoxy) is 1. The van der Waals surface area contributed by atoms with Gasteiger partial charge in [0.1, 0.15) is 5.75 Å². The molecule has 0 spiro atoms. The molecule has 4 heterocycles. The molecular formula is C45H29B12N3O2S. The van der Waals surface area contributed by atoms with Crippen LogP contribution in [0.3, 0.4) is 0 Å². The van der Waals surface area contributed by atoms with E-state index < -0.39 is 30.5 Å². The first kappa shape index (κ1) is 43.7. The molecule has 1 aliphatic heterocycles. The summed E-state index contributed by atoms with van der Waals surface area (Å²) in [7, 11) is 76.8. The van der Waals surface area contributed by atoms with Gasteiger partial charge in [0, 0.05) is 32.5 Å². The lowest BCUT2D eigenvalue weighted by Crippen LogP contribution is -2.30. The van der Waals surface area contributed by atoms with Crippen LogP contribution in [0.2, 0.25) is 0 Å². The highest BCUT2D eigenvalue weighted by Crippen LogP contribution is 2.70. The summed E-state index contributed by atoms with van der Waals surface area (Å²) < 4.78 is 14.9. The Morgan fingerprint density at radius 2 is 1.13 bits per heavy atom. The molecule has 1 aliphatic rings. The van der Waals surface area contributed by atoms with Crippen molar-refractivity contribution < 1.29 is 9.15 Å². The van der Waals surface area contributed by atoms with Crippen LogP contribution in [-0.4, -0.2) is 121 Å². The quantitative estimate of drug-likeness (QED) is 0.198. The number of rotatable bonds is 7. The number of hydrogen-bond acceptors (Lipinski definition) is 4. The normalized spacial score (nSPS) is 15.7. The number of oxazole rings is 1. The van der Waals surface area contributed by atoms with Gasteiger partial charge in [0.15, 0.2) is 5.58 Å². The molecule has 8 aromatic rings. The molecule has 9 rings (SSSR count). The predicted molar refractivity (Wildman–Crippen MR) is 270 cm³/mol. The van der Waals surface area contributed by atoms with Gasteiger partial charge < -0.3 is 9.15 Å². The molecule has 18 heteroatoms. The molecule has 0 aliphatic carbocycles. The lowest BCUT2D eigenvalue weighted by atomic mass is 9.38. The lowest BCUT2D eigenvalue weighted by molar-refractivity contribution is 0.446.